The van der Waals surface area contributed by atoms with Gasteiger partial charge in [0.25, 0.3) is 0 Å². The van der Waals surface area contributed by atoms with E-state index in [1.54, 1.807) is 0 Å². The van der Waals surface area contributed by atoms with Crippen LogP contribution < -0.4 is 5.32 Å². The Bertz CT molecular complexity index is 465. The van der Waals surface area contributed by atoms with Gasteiger partial charge >= 0.3 is 0 Å². The quantitative estimate of drug-likeness (QED) is 0.907. The van der Waals surface area contributed by atoms with Crippen LogP contribution in [-0.4, -0.2) is 30.4 Å². The van der Waals surface area contributed by atoms with Gasteiger partial charge in [0.05, 0.1) is 12.2 Å². The molecule has 110 valence electrons. The molecule has 1 aliphatic rings. The van der Waals surface area contributed by atoms with Crippen molar-refractivity contribution < 1.29 is 13.6 Å². The molecule has 1 aromatic carbocycles. The third-order valence-corrected chi connectivity index (χ3v) is 3.96. The molecule has 1 heterocycles. The fourth-order valence-electron chi connectivity index (χ4n) is 2.34. The number of anilines is 1. The molecule has 0 saturated carbocycles. The molecule has 0 aliphatic carbocycles. The minimum atomic E-state index is -0.777. The smallest absolute Gasteiger partial charge is 0.238 e. The van der Waals surface area contributed by atoms with Crippen molar-refractivity contribution in [2.24, 2.45) is 0 Å². The fourth-order valence-corrected chi connectivity index (χ4v) is 2.85. The molecule has 1 fully saturated rings. The number of halogens is 3. The number of nitrogens with one attached hydrogen (secondary N) is 1. The van der Waals surface area contributed by atoms with Crippen molar-refractivity contribution in [3.8, 4) is 0 Å². The van der Waals surface area contributed by atoms with Crippen molar-refractivity contribution in [3.05, 3.63) is 28.2 Å². The highest BCUT2D eigenvalue weighted by Gasteiger charge is 2.16. The van der Waals surface area contributed by atoms with E-state index in [4.69, 9.17) is 0 Å². The molecule has 1 aliphatic heterocycles. The summed E-state index contributed by atoms with van der Waals surface area (Å²) in [6, 6.07) is 1.89. The summed E-state index contributed by atoms with van der Waals surface area (Å²) in [6.07, 6.45) is 4.55. The first-order valence-electron chi connectivity index (χ1n) is 6.73. The molecule has 0 aromatic heterocycles. The second-order valence-electron chi connectivity index (χ2n) is 4.98. The first kappa shape index (κ1) is 15.4. The van der Waals surface area contributed by atoms with E-state index < -0.39 is 11.6 Å². The molecule has 20 heavy (non-hydrogen) atoms. The zero-order valence-electron chi connectivity index (χ0n) is 11.1. The Balaban J connectivity index is 1.97. The summed E-state index contributed by atoms with van der Waals surface area (Å²) < 4.78 is 26.8. The summed E-state index contributed by atoms with van der Waals surface area (Å²) in [4.78, 5) is 14.0. The number of amides is 1. The van der Waals surface area contributed by atoms with Crippen molar-refractivity contribution in [3.63, 3.8) is 0 Å². The molecule has 1 amide bonds. The van der Waals surface area contributed by atoms with E-state index in [9.17, 15) is 13.6 Å². The van der Waals surface area contributed by atoms with Gasteiger partial charge in [-0.2, -0.15) is 0 Å². The van der Waals surface area contributed by atoms with Crippen molar-refractivity contribution in [1.82, 2.24) is 4.90 Å². The van der Waals surface area contributed by atoms with Crippen LogP contribution in [0.4, 0.5) is 14.5 Å². The van der Waals surface area contributed by atoms with Crippen LogP contribution in [0.2, 0.25) is 0 Å². The minimum Gasteiger partial charge on any atom is -0.322 e. The van der Waals surface area contributed by atoms with Crippen LogP contribution in [0.15, 0.2) is 16.6 Å². The zero-order chi connectivity index (χ0) is 14.5. The van der Waals surface area contributed by atoms with Gasteiger partial charge in [0, 0.05) is 10.5 Å². The van der Waals surface area contributed by atoms with Crippen LogP contribution in [-0.2, 0) is 4.79 Å². The van der Waals surface area contributed by atoms with Gasteiger partial charge in [0.2, 0.25) is 5.91 Å². The highest BCUT2D eigenvalue weighted by atomic mass is 79.9. The molecule has 1 saturated heterocycles. The zero-order valence-corrected chi connectivity index (χ0v) is 12.7. The number of hydrogen-bond donors (Lipinski definition) is 1. The largest absolute Gasteiger partial charge is 0.322 e. The lowest BCUT2D eigenvalue weighted by atomic mass is 10.2. The van der Waals surface area contributed by atoms with Crippen molar-refractivity contribution in [2.75, 3.05) is 25.0 Å². The summed E-state index contributed by atoms with van der Waals surface area (Å²) in [5.74, 6) is -1.74. The highest BCUT2D eigenvalue weighted by molar-refractivity contribution is 9.10. The minimum absolute atomic E-state index is 0.00813. The lowest BCUT2D eigenvalue weighted by Crippen LogP contribution is -2.34. The van der Waals surface area contributed by atoms with E-state index in [1.807, 2.05) is 0 Å². The van der Waals surface area contributed by atoms with E-state index in [-0.39, 0.29) is 22.6 Å². The first-order chi connectivity index (χ1) is 9.56. The lowest BCUT2D eigenvalue weighted by Gasteiger charge is -2.19. The molecule has 3 nitrogen and oxygen atoms in total. The van der Waals surface area contributed by atoms with Gasteiger partial charge in [-0.05, 0) is 47.9 Å². The molecule has 0 spiro atoms. The van der Waals surface area contributed by atoms with Crippen LogP contribution in [0.1, 0.15) is 25.7 Å². The third kappa shape index (κ3) is 4.24. The number of carbonyl (C=O) groups excluding carboxylic acids is 1. The number of carbonyl (C=O) groups is 1. The van der Waals surface area contributed by atoms with Crippen molar-refractivity contribution in [2.45, 2.75) is 25.7 Å². The second kappa shape index (κ2) is 7.13. The molecular formula is C14H17BrF2N2O. The van der Waals surface area contributed by atoms with Crippen LogP contribution in [0.3, 0.4) is 0 Å². The Labute approximate surface area is 125 Å². The average Bonchev–Trinajstić information content (AvgIpc) is 2.62. The van der Waals surface area contributed by atoms with E-state index in [1.165, 1.54) is 12.8 Å². The standard InChI is InChI=1S/C14H17BrF2N2O/c15-11-7-10(16)8-12(17)14(11)18-13(20)9-19-5-3-1-2-4-6-19/h7-8H,1-6,9H2,(H,18,20). The van der Waals surface area contributed by atoms with Crippen molar-refractivity contribution in [1.29, 1.82) is 0 Å². The Kier molecular flexibility index (Phi) is 5.48. The Morgan fingerprint density at radius 2 is 1.85 bits per heavy atom. The molecule has 6 heteroatoms. The maximum atomic E-state index is 13.6. The molecule has 2 rings (SSSR count). The summed E-state index contributed by atoms with van der Waals surface area (Å²) in [6.45, 7) is 2.02. The summed E-state index contributed by atoms with van der Waals surface area (Å²) in [5.41, 5.74) is -0.00813. The SMILES string of the molecule is O=C(CN1CCCCCC1)Nc1c(F)cc(F)cc1Br. The predicted octanol–water partition coefficient (Wildman–Crippen LogP) is 3.54. The van der Waals surface area contributed by atoms with Gasteiger partial charge in [-0.15, -0.1) is 0 Å². The summed E-state index contributed by atoms with van der Waals surface area (Å²) in [5, 5.41) is 2.50. The Morgan fingerprint density at radius 1 is 1.20 bits per heavy atom. The van der Waals surface area contributed by atoms with Gasteiger partial charge in [0.1, 0.15) is 5.82 Å². The van der Waals surface area contributed by atoms with E-state index in [0.29, 0.717) is 0 Å². The van der Waals surface area contributed by atoms with Crippen LogP contribution in [0.25, 0.3) is 0 Å². The van der Waals surface area contributed by atoms with E-state index >= 15 is 0 Å². The normalized spacial score (nSPS) is 16.8. The van der Waals surface area contributed by atoms with Gasteiger partial charge in [-0.3, -0.25) is 9.69 Å². The average molecular weight is 347 g/mol. The maximum absolute atomic E-state index is 13.6. The third-order valence-electron chi connectivity index (χ3n) is 3.34. The summed E-state index contributed by atoms with van der Waals surface area (Å²) in [7, 11) is 0. The molecule has 0 radical (unpaired) electrons. The fraction of sp³-hybridized carbons (Fsp3) is 0.500. The van der Waals surface area contributed by atoms with Crippen LogP contribution >= 0.6 is 15.9 Å². The van der Waals surface area contributed by atoms with Crippen LogP contribution in [0.5, 0.6) is 0 Å². The van der Waals surface area contributed by atoms with E-state index in [2.05, 4.69) is 26.1 Å². The molecule has 0 atom stereocenters. The van der Waals surface area contributed by atoms with Gasteiger partial charge < -0.3 is 5.32 Å². The number of benzene rings is 1. The topological polar surface area (TPSA) is 32.3 Å². The van der Waals surface area contributed by atoms with Gasteiger partial charge in [-0.25, -0.2) is 8.78 Å². The number of likely N-dealkylation sites (tertiary alicyclic amines) is 1. The number of hydrogen-bond acceptors (Lipinski definition) is 2. The lowest BCUT2D eigenvalue weighted by molar-refractivity contribution is -0.117. The van der Waals surface area contributed by atoms with Gasteiger partial charge in [-0.1, -0.05) is 12.8 Å². The predicted molar refractivity (Wildman–Crippen MR) is 77.6 cm³/mol. The van der Waals surface area contributed by atoms with Crippen LogP contribution in [0, 0.1) is 11.6 Å². The summed E-state index contributed by atoms with van der Waals surface area (Å²) >= 11 is 3.06. The number of rotatable bonds is 3. The van der Waals surface area contributed by atoms with E-state index in [0.717, 1.165) is 38.1 Å². The monoisotopic (exact) mass is 346 g/mol. The highest BCUT2D eigenvalue weighted by Crippen LogP contribution is 2.26. The molecule has 0 bridgehead atoms. The first-order valence-corrected chi connectivity index (χ1v) is 7.52. The maximum Gasteiger partial charge on any atom is 0.238 e. The second-order valence-corrected chi connectivity index (χ2v) is 5.84. The Morgan fingerprint density at radius 3 is 2.45 bits per heavy atom. The molecular weight excluding hydrogens is 330 g/mol. The molecule has 1 N–H and O–H groups in total. The molecule has 0 unspecified atom stereocenters. The molecule has 1 aromatic rings. The van der Waals surface area contributed by atoms with Crippen molar-refractivity contribution >= 4 is 27.5 Å². The number of nitrogens with zero attached hydrogens (tertiary/aromatic N) is 1. The Hall–Kier alpha value is -1.01. The van der Waals surface area contributed by atoms with Gasteiger partial charge in [0.15, 0.2) is 5.82 Å².